The summed E-state index contributed by atoms with van der Waals surface area (Å²) in [5, 5.41) is 12.9. The summed E-state index contributed by atoms with van der Waals surface area (Å²) in [5.41, 5.74) is 3.56. The zero-order valence-corrected chi connectivity index (χ0v) is 18.1. The summed E-state index contributed by atoms with van der Waals surface area (Å²) in [6, 6.07) is 7.16. The Morgan fingerprint density at radius 2 is 2.06 bits per heavy atom. The molecule has 1 aliphatic rings. The Morgan fingerprint density at radius 3 is 2.71 bits per heavy atom. The van der Waals surface area contributed by atoms with Crippen LogP contribution in [-0.4, -0.2) is 45.4 Å². The summed E-state index contributed by atoms with van der Waals surface area (Å²) in [4.78, 5) is 20.9. The molecule has 0 radical (unpaired) electrons. The van der Waals surface area contributed by atoms with Crippen molar-refractivity contribution >= 4 is 28.8 Å². The first kappa shape index (κ1) is 21.1. The van der Waals surface area contributed by atoms with Gasteiger partial charge in [-0.1, -0.05) is 6.92 Å². The summed E-state index contributed by atoms with van der Waals surface area (Å²) in [7, 11) is 0. The SMILES string of the molecule is CCCn1c(Nc2cc(C)cc(C)n2)nc2cc(C(=O)O)cc(OCCC3COC3)c21. The van der Waals surface area contributed by atoms with E-state index in [1.54, 1.807) is 12.1 Å². The molecule has 1 fully saturated rings. The molecule has 0 bridgehead atoms. The fourth-order valence-electron chi connectivity index (χ4n) is 3.81. The van der Waals surface area contributed by atoms with Crippen LogP contribution < -0.4 is 10.1 Å². The smallest absolute Gasteiger partial charge is 0.335 e. The van der Waals surface area contributed by atoms with Crippen molar-refractivity contribution in [3.63, 3.8) is 0 Å². The highest BCUT2D eigenvalue weighted by Gasteiger charge is 2.21. The van der Waals surface area contributed by atoms with Gasteiger partial charge in [0.15, 0.2) is 0 Å². The van der Waals surface area contributed by atoms with Crippen LogP contribution in [0.25, 0.3) is 11.0 Å². The minimum Gasteiger partial charge on any atom is -0.491 e. The Hall–Kier alpha value is -3.13. The molecular weight excluding hydrogens is 396 g/mol. The van der Waals surface area contributed by atoms with Crippen LogP contribution in [0.15, 0.2) is 24.3 Å². The molecule has 2 aromatic heterocycles. The average molecular weight is 425 g/mol. The minimum atomic E-state index is -1.00. The number of anilines is 2. The number of carbonyl (C=O) groups is 1. The van der Waals surface area contributed by atoms with E-state index in [1.165, 1.54) is 0 Å². The number of rotatable bonds is 9. The van der Waals surface area contributed by atoms with E-state index in [2.05, 4.69) is 17.2 Å². The molecule has 4 rings (SSSR count). The third-order valence-electron chi connectivity index (χ3n) is 5.33. The van der Waals surface area contributed by atoms with Crippen molar-refractivity contribution in [3.8, 4) is 5.75 Å². The van der Waals surface area contributed by atoms with Crippen molar-refractivity contribution in [1.82, 2.24) is 14.5 Å². The molecule has 31 heavy (non-hydrogen) atoms. The lowest BCUT2D eigenvalue weighted by Crippen LogP contribution is -2.28. The lowest BCUT2D eigenvalue weighted by Gasteiger charge is -2.25. The normalized spacial score (nSPS) is 13.9. The van der Waals surface area contributed by atoms with Crippen molar-refractivity contribution in [1.29, 1.82) is 0 Å². The van der Waals surface area contributed by atoms with Crippen LogP contribution in [0.2, 0.25) is 0 Å². The lowest BCUT2D eigenvalue weighted by molar-refractivity contribution is -0.0400. The van der Waals surface area contributed by atoms with Crippen LogP contribution in [0.5, 0.6) is 5.75 Å². The number of hydrogen-bond acceptors (Lipinski definition) is 6. The predicted octanol–water partition coefficient (Wildman–Crippen LogP) is 4.32. The van der Waals surface area contributed by atoms with E-state index in [1.807, 2.05) is 30.5 Å². The van der Waals surface area contributed by atoms with Crippen LogP contribution >= 0.6 is 0 Å². The average Bonchev–Trinajstić information content (AvgIpc) is 3.00. The standard InChI is InChI=1S/C23H28N4O4/c1-4-6-27-21-18(25-23(27)26-20-9-14(2)8-15(3)24-20)10-17(22(28)29)11-19(21)31-7-5-16-12-30-13-16/h8-11,16H,4-7,12-13H2,1-3H3,(H,28,29)(H,24,25,26). The maximum atomic E-state index is 11.7. The third kappa shape index (κ3) is 4.64. The molecule has 2 N–H and O–H groups in total. The topological polar surface area (TPSA) is 98.5 Å². The number of nitrogens with one attached hydrogen (secondary N) is 1. The third-order valence-corrected chi connectivity index (χ3v) is 5.33. The van der Waals surface area contributed by atoms with Gasteiger partial charge in [-0.15, -0.1) is 0 Å². The summed E-state index contributed by atoms with van der Waals surface area (Å²) in [6.45, 7) is 8.80. The number of carboxylic acids is 1. The van der Waals surface area contributed by atoms with E-state index in [0.29, 0.717) is 42.1 Å². The van der Waals surface area contributed by atoms with Crippen molar-refractivity contribution in [2.24, 2.45) is 5.92 Å². The molecule has 0 unspecified atom stereocenters. The number of ether oxygens (including phenoxy) is 2. The predicted molar refractivity (Wildman–Crippen MR) is 118 cm³/mol. The van der Waals surface area contributed by atoms with Crippen molar-refractivity contribution in [2.75, 3.05) is 25.1 Å². The van der Waals surface area contributed by atoms with Gasteiger partial charge >= 0.3 is 5.97 Å². The highest BCUT2D eigenvalue weighted by atomic mass is 16.5. The van der Waals surface area contributed by atoms with Crippen LogP contribution in [-0.2, 0) is 11.3 Å². The van der Waals surface area contributed by atoms with Crippen LogP contribution in [0, 0.1) is 19.8 Å². The first-order valence-electron chi connectivity index (χ1n) is 10.6. The van der Waals surface area contributed by atoms with E-state index in [4.69, 9.17) is 14.5 Å². The number of pyridine rings is 1. The van der Waals surface area contributed by atoms with Gasteiger partial charge in [-0.25, -0.2) is 14.8 Å². The van der Waals surface area contributed by atoms with E-state index in [0.717, 1.165) is 42.8 Å². The second kappa shape index (κ2) is 8.93. The Balaban J connectivity index is 1.74. The summed E-state index contributed by atoms with van der Waals surface area (Å²) < 4.78 is 13.4. The van der Waals surface area contributed by atoms with Gasteiger partial charge in [-0.05, 0) is 56.5 Å². The second-order valence-corrected chi connectivity index (χ2v) is 8.07. The van der Waals surface area contributed by atoms with Gasteiger partial charge in [-0.2, -0.15) is 0 Å². The monoisotopic (exact) mass is 424 g/mol. The van der Waals surface area contributed by atoms with Crippen LogP contribution in [0.3, 0.4) is 0 Å². The van der Waals surface area contributed by atoms with E-state index in [-0.39, 0.29) is 5.56 Å². The maximum absolute atomic E-state index is 11.7. The molecule has 8 nitrogen and oxygen atoms in total. The molecule has 0 amide bonds. The Labute approximate surface area is 181 Å². The molecule has 1 saturated heterocycles. The van der Waals surface area contributed by atoms with E-state index < -0.39 is 5.97 Å². The molecule has 0 aliphatic carbocycles. The number of fused-ring (bicyclic) bond motifs is 1. The lowest BCUT2D eigenvalue weighted by atomic mass is 10.1. The zero-order valence-electron chi connectivity index (χ0n) is 18.1. The number of benzene rings is 1. The fraction of sp³-hybridized carbons (Fsp3) is 0.435. The highest BCUT2D eigenvalue weighted by molar-refractivity contribution is 5.96. The molecule has 3 heterocycles. The number of aromatic carboxylic acids is 1. The van der Waals surface area contributed by atoms with Gasteiger partial charge in [0.1, 0.15) is 17.1 Å². The first-order chi connectivity index (χ1) is 14.9. The molecule has 3 aromatic rings. The molecular formula is C23H28N4O4. The van der Waals surface area contributed by atoms with E-state index >= 15 is 0 Å². The number of aryl methyl sites for hydroxylation is 3. The Kier molecular flexibility index (Phi) is 6.08. The minimum absolute atomic E-state index is 0.159. The van der Waals surface area contributed by atoms with Crippen LogP contribution in [0.1, 0.15) is 41.4 Å². The number of carboxylic acid groups (broad SMARTS) is 1. The summed E-state index contributed by atoms with van der Waals surface area (Å²) in [6.07, 6.45) is 1.76. The largest absolute Gasteiger partial charge is 0.491 e. The number of imidazole rings is 1. The number of nitrogens with zero attached hydrogens (tertiary/aromatic N) is 3. The van der Waals surface area contributed by atoms with Crippen molar-refractivity contribution < 1.29 is 19.4 Å². The zero-order chi connectivity index (χ0) is 22.0. The first-order valence-corrected chi connectivity index (χ1v) is 10.6. The molecule has 164 valence electrons. The molecule has 1 aliphatic heterocycles. The summed E-state index contributed by atoms with van der Waals surface area (Å²) in [5.74, 6) is 1.36. The fourth-order valence-corrected chi connectivity index (χ4v) is 3.81. The Bertz CT molecular complexity index is 1080. The highest BCUT2D eigenvalue weighted by Crippen LogP contribution is 2.32. The molecule has 0 spiro atoms. The molecule has 8 heteroatoms. The summed E-state index contributed by atoms with van der Waals surface area (Å²) >= 11 is 0. The Morgan fingerprint density at radius 1 is 1.26 bits per heavy atom. The molecule has 0 saturated carbocycles. The van der Waals surface area contributed by atoms with Crippen molar-refractivity contribution in [3.05, 3.63) is 41.1 Å². The van der Waals surface area contributed by atoms with E-state index in [9.17, 15) is 9.90 Å². The van der Waals surface area contributed by atoms with Gasteiger partial charge in [0.25, 0.3) is 0 Å². The molecule has 0 atom stereocenters. The maximum Gasteiger partial charge on any atom is 0.335 e. The van der Waals surface area contributed by atoms with Gasteiger partial charge in [0.05, 0.1) is 30.9 Å². The quantitative estimate of drug-likeness (QED) is 0.528. The van der Waals surface area contributed by atoms with Crippen LogP contribution in [0.4, 0.5) is 11.8 Å². The van der Waals surface area contributed by atoms with Gasteiger partial charge in [-0.3, -0.25) is 0 Å². The van der Waals surface area contributed by atoms with Gasteiger partial charge in [0.2, 0.25) is 5.95 Å². The second-order valence-electron chi connectivity index (χ2n) is 8.07. The number of aromatic nitrogens is 3. The molecule has 1 aromatic carbocycles. The van der Waals surface area contributed by atoms with Crippen molar-refractivity contribution in [2.45, 2.75) is 40.2 Å². The number of hydrogen-bond donors (Lipinski definition) is 2. The van der Waals surface area contributed by atoms with Gasteiger partial charge in [0, 0.05) is 18.2 Å². The van der Waals surface area contributed by atoms with Gasteiger partial charge < -0.3 is 24.5 Å².